The van der Waals surface area contributed by atoms with Gasteiger partial charge in [-0.05, 0) is 19.4 Å². The van der Waals surface area contributed by atoms with Gasteiger partial charge in [0.2, 0.25) is 0 Å². The fraction of sp³-hybridized carbons (Fsp3) is 1.00. The molecule has 2 aliphatic rings. The second-order valence-electron chi connectivity index (χ2n) is 4.81. The van der Waals surface area contributed by atoms with Gasteiger partial charge in [0.15, 0.2) is 0 Å². The first-order chi connectivity index (χ1) is 7.52. The zero-order valence-corrected chi connectivity index (χ0v) is 10.6. The molecule has 0 bridgehead atoms. The second kappa shape index (κ2) is 4.60. The van der Waals surface area contributed by atoms with E-state index in [1.807, 2.05) is 0 Å². The molecule has 0 aliphatic carbocycles. The van der Waals surface area contributed by atoms with Gasteiger partial charge in [0.05, 0.1) is 18.4 Å². The highest BCUT2D eigenvalue weighted by molar-refractivity contribution is 7.85. The molecule has 94 valence electrons. The molecule has 2 saturated heterocycles. The molecule has 2 aliphatic heterocycles. The molecule has 5 nitrogen and oxygen atoms in total. The summed E-state index contributed by atoms with van der Waals surface area (Å²) >= 11 is 0. The number of piperidine rings is 1. The predicted octanol–water partition coefficient (Wildman–Crippen LogP) is -0.209. The highest BCUT2D eigenvalue weighted by Gasteiger charge is 2.41. The third-order valence-electron chi connectivity index (χ3n) is 3.55. The lowest BCUT2D eigenvalue weighted by Crippen LogP contribution is -2.65. The Morgan fingerprint density at radius 2 is 2.19 bits per heavy atom. The number of rotatable bonds is 3. The van der Waals surface area contributed by atoms with Crippen molar-refractivity contribution >= 4 is 10.1 Å². The Hall–Kier alpha value is -0.170. The van der Waals surface area contributed by atoms with Crippen LogP contribution in [0.3, 0.4) is 0 Å². The molecule has 2 rings (SSSR count). The standard InChI is InChI=1S/C10H20N2O3S/c1-16(13,14)15-9-10-4-2-3-6-12(10)7-5-11-8-10/h11H,2-9H2,1H3. The van der Waals surface area contributed by atoms with Crippen molar-refractivity contribution in [2.75, 3.05) is 39.0 Å². The van der Waals surface area contributed by atoms with Gasteiger partial charge in [-0.2, -0.15) is 8.42 Å². The maximum absolute atomic E-state index is 11.1. The summed E-state index contributed by atoms with van der Waals surface area (Å²) in [6, 6.07) is 0. The van der Waals surface area contributed by atoms with Crippen molar-refractivity contribution in [1.29, 1.82) is 0 Å². The summed E-state index contributed by atoms with van der Waals surface area (Å²) in [6.07, 6.45) is 4.51. The normalized spacial score (nSPS) is 32.3. The molecule has 2 heterocycles. The molecule has 0 aromatic rings. The average molecular weight is 248 g/mol. The van der Waals surface area contributed by atoms with E-state index < -0.39 is 10.1 Å². The molecule has 0 aromatic carbocycles. The van der Waals surface area contributed by atoms with E-state index in [1.54, 1.807) is 0 Å². The Bertz CT molecular complexity index is 330. The van der Waals surface area contributed by atoms with Gasteiger partial charge in [0.25, 0.3) is 10.1 Å². The number of nitrogens with one attached hydrogen (secondary N) is 1. The third-order valence-corrected chi connectivity index (χ3v) is 4.09. The summed E-state index contributed by atoms with van der Waals surface area (Å²) in [7, 11) is -3.33. The van der Waals surface area contributed by atoms with Crippen LogP contribution in [0.2, 0.25) is 0 Å². The molecule has 0 amide bonds. The Morgan fingerprint density at radius 1 is 1.38 bits per heavy atom. The molecule has 1 unspecified atom stereocenters. The maximum atomic E-state index is 11.1. The highest BCUT2D eigenvalue weighted by atomic mass is 32.2. The van der Waals surface area contributed by atoms with Gasteiger partial charge in [-0.15, -0.1) is 0 Å². The quantitative estimate of drug-likeness (QED) is 0.700. The lowest BCUT2D eigenvalue weighted by Gasteiger charge is -2.50. The molecule has 0 radical (unpaired) electrons. The summed E-state index contributed by atoms with van der Waals surface area (Å²) in [5.41, 5.74) is -0.0976. The number of hydrogen-bond donors (Lipinski definition) is 1. The van der Waals surface area contributed by atoms with E-state index in [2.05, 4.69) is 10.2 Å². The predicted molar refractivity (Wildman–Crippen MR) is 61.8 cm³/mol. The van der Waals surface area contributed by atoms with Crippen LogP contribution in [0, 0.1) is 0 Å². The van der Waals surface area contributed by atoms with E-state index in [-0.39, 0.29) is 5.54 Å². The smallest absolute Gasteiger partial charge is 0.264 e. The molecule has 1 N–H and O–H groups in total. The maximum Gasteiger partial charge on any atom is 0.264 e. The van der Waals surface area contributed by atoms with Crippen molar-refractivity contribution in [2.24, 2.45) is 0 Å². The molecular weight excluding hydrogens is 228 g/mol. The zero-order chi connectivity index (χ0) is 11.6. The Labute approximate surface area is 97.3 Å². The molecule has 6 heteroatoms. The Balaban J connectivity index is 2.05. The summed E-state index contributed by atoms with van der Waals surface area (Å²) in [6.45, 7) is 4.17. The van der Waals surface area contributed by atoms with Gasteiger partial charge in [-0.3, -0.25) is 9.08 Å². The lowest BCUT2D eigenvalue weighted by atomic mass is 9.86. The van der Waals surface area contributed by atoms with Crippen molar-refractivity contribution in [3.05, 3.63) is 0 Å². The summed E-state index contributed by atoms with van der Waals surface area (Å²) in [5.74, 6) is 0. The summed E-state index contributed by atoms with van der Waals surface area (Å²) < 4.78 is 27.2. The van der Waals surface area contributed by atoms with Crippen molar-refractivity contribution in [2.45, 2.75) is 24.8 Å². The molecule has 0 spiro atoms. The first kappa shape index (κ1) is 12.3. The minimum absolute atomic E-state index is 0.0976. The number of piperazine rings is 1. The summed E-state index contributed by atoms with van der Waals surface area (Å²) in [5, 5.41) is 3.34. The van der Waals surface area contributed by atoms with E-state index in [9.17, 15) is 8.42 Å². The molecule has 2 fully saturated rings. The van der Waals surface area contributed by atoms with Crippen LogP contribution >= 0.6 is 0 Å². The topological polar surface area (TPSA) is 58.6 Å². The third kappa shape index (κ3) is 2.74. The largest absolute Gasteiger partial charge is 0.314 e. The number of fused-ring (bicyclic) bond motifs is 1. The van der Waals surface area contributed by atoms with Crippen molar-refractivity contribution in [1.82, 2.24) is 10.2 Å². The molecule has 0 saturated carbocycles. The van der Waals surface area contributed by atoms with E-state index in [4.69, 9.17) is 4.18 Å². The van der Waals surface area contributed by atoms with Crippen molar-refractivity contribution in [3.8, 4) is 0 Å². The van der Waals surface area contributed by atoms with E-state index in [0.717, 1.165) is 45.3 Å². The Kier molecular flexibility index (Phi) is 3.53. The second-order valence-corrected chi connectivity index (χ2v) is 6.46. The number of nitrogens with zero attached hydrogens (tertiary/aromatic N) is 1. The zero-order valence-electron chi connectivity index (χ0n) is 9.74. The van der Waals surface area contributed by atoms with Crippen LogP contribution in [0.4, 0.5) is 0 Å². The molecular formula is C10H20N2O3S. The molecule has 1 atom stereocenters. The highest BCUT2D eigenvalue weighted by Crippen LogP contribution is 2.29. The van der Waals surface area contributed by atoms with Gasteiger partial charge in [0.1, 0.15) is 0 Å². The first-order valence-corrected chi connectivity index (χ1v) is 7.64. The van der Waals surface area contributed by atoms with E-state index in [0.29, 0.717) is 6.61 Å². The SMILES string of the molecule is CS(=O)(=O)OCC12CCCCN1CCNC2. The van der Waals surface area contributed by atoms with E-state index in [1.165, 1.54) is 6.42 Å². The molecule has 16 heavy (non-hydrogen) atoms. The van der Waals surface area contributed by atoms with Crippen LogP contribution in [-0.4, -0.2) is 57.9 Å². The van der Waals surface area contributed by atoms with E-state index >= 15 is 0 Å². The van der Waals surface area contributed by atoms with Gasteiger partial charge in [-0.1, -0.05) is 6.42 Å². The van der Waals surface area contributed by atoms with Gasteiger partial charge in [-0.25, -0.2) is 0 Å². The van der Waals surface area contributed by atoms with Crippen LogP contribution in [0.5, 0.6) is 0 Å². The van der Waals surface area contributed by atoms with Crippen LogP contribution in [0.25, 0.3) is 0 Å². The fourth-order valence-corrected chi connectivity index (χ4v) is 3.10. The minimum atomic E-state index is -3.33. The monoisotopic (exact) mass is 248 g/mol. The van der Waals surface area contributed by atoms with Crippen LogP contribution < -0.4 is 5.32 Å². The summed E-state index contributed by atoms with van der Waals surface area (Å²) in [4.78, 5) is 2.39. The van der Waals surface area contributed by atoms with Crippen molar-refractivity contribution in [3.63, 3.8) is 0 Å². The lowest BCUT2D eigenvalue weighted by molar-refractivity contribution is -0.00817. The Morgan fingerprint density at radius 3 is 2.94 bits per heavy atom. The first-order valence-electron chi connectivity index (χ1n) is 5.82. The average Bonchev–Trinajstić information content (AvgIpc) is 2.26. The van der Waals surface area contributed by atoms with Crippen LogP contribution in [0.1, 0.15) is 19.3 Å². The van der Waals surface area contributed by atoms with Gasteiger partial charge in [0, 0.05) is 19.6 Å². The minimum Gasteiger partial charge on any atom is -0.314 e. The number of hydrogen-bond acceptors (Lipinski definition) is 5. The van der Waals surface area contributed by atoms with Crippen molar-refractivity contribution < 1.29 is 12.6 Å². The van der Waals surface area contributed by atoms with Gasteiger partial charge >= 0.3 is 0 Å². The van der Waals surface area contributed by atoms with Crippen LogP contribution in [-0.2, 0) is 14.3 Å². The van der Waals surface area contributed by atoms with Crippen LogP contribution in [0.15, 0.2) is 0 Å². The molecule has 0 aromatic heterocycles. The van der Waals surface area contributed by atoms with Gasteiger partial charge < -0.3 is 5.32 Å². The fourth-order valence-electron chi connectivity index (χ4n) is 2.67.